The standard InChI is InChI=1S/C29H39N7/c1-20-12-21(2)14-24(13-20)18-36(29(30)33-34(3)31)19-25-15-32-27-7-5-4-6-26(27)28(25)35(16-22-8-9-22)17-23-10-11-23/h4-7,12-15,22-23H,8-11,16-19,31H2,1-3H3,(H2,30,33). The summed E-state index contributed by atoms with van der Waals surface area (Å²) in [7, 11) is 1.69. The zero-order chi connectivity index (χ0) is 25.2. The Hall–Kier alpha value is -3.32. The molecular formula is C29H39N7. The number of guanidine groups is 1. The summed E-state index contributed by atoms with van der Waals surface area (Å²) in [4.78, 5) is 9.61. The molecule has 0 radical (unpaired) electrons. The average molecular weight is 486 g/mol. The van der Waals surface area contributed by atoms with E-state index >= 15 is 0 Å². The Kier molecular flexibility index (Phi) is 7.01. The number of hydrogen-bond acceptors (Lipinski definition) is 5. The van der Waals surface area contributed by atoms with Crippen molar-refractivity contribution < 1.29 is 0 Å². The van der Waals surface area contributed by atoms with E-state index in [2.05, 4.69) is 71.2 Å². The summed E-state index contributed by atoms with van der Waals surface area (Å²) >= 11 is 0. The molecule has 0 unspecified atom stereocenters. The predicted molar refractivity (Wildman–Crippen MR) is 148 cm³/mol. The number of pyridine rings is 1. The predicted octanol–water partition coefficient (Wildman–Crippen LogP) is 4.52. The first-order valence-corrected chi connectivity index (χ1v) is 13.1. The lowest BCUT2D eigenvalue weighted by Crippen LogP contribution is -2.40. The topological polar surface area (TPSA) is 87.0 Å². The number of hydrogen-bond donors (Lipinski definition) is 2. The maximum Gasteiger partial charge on any atom is 0.216 e. The van der Waals surface area contributed by atoms with E-state index in [1.165, 1.54) is 64.1 Å². The van der Waals surface area contributed by atoms with Gasteiger partial charge in [-0.05, 0) is 63.0 Å². The number of para-hydroxylation sites is 1. The molecule has 0 bridgehead atoms. The van der Waals surface area contributed by atoms with Crippen LogP contribution >= 0.6 is 0 Å². The van der Waals surface area contributed by atoms with E-state index in [0.717, 1.165) is 30.4 Å². The third kappa shape index (κ3) is 6.08. The maximum atomic E-state index is 6.53. The highest BCUT2D eigenvalue weighted by atomic mass is 15.6. The number of nitrogens with zero attached hydrogens (tertiary/aromatic N) is 5. The number of anilines is 1. The minimum atomic E-state index is 0.397. The van der Waals surface area contributed by atoms with Crippen molar-refractivity contribution >= 4 is 22.5 Å². The summed E-state index contributed by atoms with van der Waals surface area (Å²) in [6, 6.07) is 15.1. The quantitative estimate of drug-likeness (QED) is 0.190. The zero-order valence-corrected chi connectivity index (χ0v) is 21.8. The van der Waals surface area contributed by atoms with Crippen molar-refractivity contribution in [3.05, 3.63) is 70.9 Å². The van der Waals surface area contributed by atoms with Crippen LogP contribution in [0.3, 0.4) is 0 Å². The zero-order valence-electron chi connectivity index (χ0n) is 21.8. The van der Waals surface area contributed by atoms with E-state index in [0.29, 0.717) is 19.0 Å². The number of benzene rings is 2. The fraction of sp³-hybridized carbons (Fsp3) is 0.448. The largest absolute Gasteiger partial charge is 0.370 e. The van der Waals surface area contributed by atoms with Gasteiger partial charge in [0.05, 0.1) is 11.2 Å². The van der Waals surface area contributed by atoms with Gasteiger partial charge < -0.3 is 15.5 Å². The second kappa shape index (κ2) is 10.3. The number of rotatable bonds is 10. The molecule has 1 aromatic heterocycles. The lowest BCUT2D eigenvalue weighted by molar-refractivity contribution is 0.338. The first-order chi connectivity index (χ1) is 17.4. The Labute approximate surface area is 214 Å². The Bertz CT molecular complexity index is 1210. The highest BCUT2D eigenvalue weighted by Gasteiger charge is 2.31. The molecule has 1 heterocycles. The number of fused-ring (bicyclic) bond motifs is 1. The van der Waals surface area contributed by atoms with E-state index in [9.17, 15) is 0 Å². The van der Waals surface area contributed by atoms with Gasteiger partial charge >= 0.3 is 0 Å². The van der Waals surface area contributed by atoms with Crippen LogP contribution in [0.25, 0.3) is 10.9 Å². The smallest absolute Gasteiger partial charge is 0.216 e. The van der Waals surface area contributed by atoms with Crippen LogP contribution in [0.15, 0.2) is 53.8 Å². The maximum absolute atomic E-state index is 6.53. The number of hydrazone groups is 1. The molecule has 0 aliphatic heterocycles. The summed E-state index contributed by atoms with van der Waals surface area (Å²) in [6.07, 6.45) is 7.38. The molecule has 2 saturated carbocycles. The molecule has 0 saturated heterocycles. The van der Waals surface area contributed by atoms with Crippen molar-refractivity contribution in [1.29, 1.82) is 0 Å². The fourth-order valence-electron chi connectivity index (χ4n) is 5.17. The van der Waals surface area contributed by atoms with Gasteiger partial charge in [0, 0.05) is 50.4 Å². The minimum absolute atomic E-state index is 0.397. The van der Waals surface area contributed by atoms with Crippen LogP contribution in [0.5, 0.6) is 0 Å². The Balaban J connectivity index is 1.55. The average Bonchev–Trinajstić information content (AvgIpc) is 3.74. The van der Waals surface area contributed by atoms with Gasteiger partial charge in [0.15, 0.2) is 0 Å². The lowest BCUT2D eigenvalue weighted by atomic mass is 10.0. The first-order valence-electron chi connectivity index (χ1n) is 13.1. The Morgan fingerprint density at radius 1 is 0.972 bits per heavy atom. The van der Waals surface area contributed by atoms with E-state index in [4.69, 9.17) is 16.6 Å². The van der Waals surface area contributed by atoms with Gasteiger partial charge in [0.2, 0.25) is 5.96 Å². The van der Waals surface area contributed by atoms with Crippen molar-refractivity contribution in [1.82, 2.24) is 15.0 Å². The monoisotopic (exact) mass is 485 g/mol. The molecule has 5 rings (SSSR count). The van der Waals surface area contributed by atoms with E-state index in [-0.39, 0.29) is 0 Å². The second-order valence-electron chi connectivity index (χ2n) is 10.8. The number of hydrazine groups is 1. The summed E-state index contributed by atoms with van der Waals surface area (Å²) in [5, 5.41) is 6.86. The van der Waals surface area contributed by atoms with E-state index in [1.54, 1.807) is 7.05 Å². The minimum Gasteiger partial charge on any atom is -0.370 e. The summed E-state index contributed by atoms with van der Waals surface area (Å²) in [6.45, 7) is 7.74. The van der Waals surface area contributed by atoms with Crippen molar-refractivity contribution in [3.8, 4) is 0 Å². The molecule has 0 spiro atoms. The van der Waals surface area contributed by atoms with Gasteiger partial charge in [0.1, 0.15) is 0 Å². The summed E-state index contributed by atoms with van der Waals surface area (Å²) in [5.41, 5.74) is 13.7. The van der Waals surface area contributed by atoms with Crippen LogP contribution in [0.2, 0.25) is 0 Å². The van der Waals surface area contributed by atoms with Gasteiger partial charge in [-0.25, -0.2) is 11.0 Å². The fourth-order valence-corrected chi connectivity index (χ4v) is 5.17. The van der Waals surface area contributed by atoms with Gasteiger partial charge in [0.25, 0.3) is 0 Å². The van der Waals surface area contributed by atoms with Gasteiger partial charge in [-0.1, -0.05) is 47.5 Å². The number of aryl methyl sites for hydroxylation is 2. The molecule has 7 heteroatoms. The van der Waals surface area contributed by atoms with Crippen molar-refractivity contribution in [2.24, 2.45) is 28.5 Å². The first kappa shape index (κ1) is 24.4. The van der Waals surface area contributed by atoms with Gasteiger partial charge in [-0.3, -0.25) is 4.98 Å². The molecule has 4 N–H and O–H groups in total. The van der Waals surface area contributed by atoms with Crippen LogP contribution in [0, 0.1) is 25.7 Å². The number of aromatic nitrogens is 1. The van der Waals surface area contributed by atoms with Gasteiger partial charge in [-0.2, -0.15) is 0 Å². The van der Waals surface area contributed by atoms with Crippen LogP contribution in [0.1, 0.15) is 47.9 Å². The molecule has 7 nitrogen and oxygen atoms in total. The molecule has 36 heavy (non-hydrogen) atoms. The molecule has 2 aliphatic rings. The van der Waals surface area contributed by atoms with Crippen LogP contribution in [-0.2, 0) is 13.1 Å². The SMILES string of the molecule is Cc1cc(C)cc(CN(Cc2cnc3ccccc3c2N(CC2CC2)CC2CC2)/C(N)=N/N(C)N)c1. The molecular weight excluding hydrogens is 446 g/mol. The number of nitrogens with two attached hydrogens (primary N) is 2. The molecule has 2 fully saturated rings. The van der Waals surface area contributed by atoms with Gasteiger partial charge in [-0.15, -0.1) is 5.10 Å². The highest BCUT2D eigenvalue weighted by Crippen LogP contribution is 2.39. The lowest BCUT2D eigenvalue weighted by Gasteiger charge is -2.31. The Morgan fingerprint density at radius 2 is 1.61 bits per heavy atom. The molecule has 3 aromatic rings. The van der Waals surface area contributed by atoms with Crippen LogP contribution < -0.4 is 16.5 Å². The molecule has 0 atom stereocenters. The Morgan fingerprint density at radius 3 is 2.22 bits per heavy atom. The highest BCUT2D eigenvalue weighted by molar-refractivity contribution is 5.93. The molecule has 0 amide bonds. The third-order valence-electron chi connectivity index (χ3n) is 7.09. The summed E-state index contributed by atoms with van der Waals surface area (Å²) < 4.78 is 0. The second-order valence-corrected chi connectivity index (χ2v) is 10.8. The van der Waals surface area contributed by atoms with Crippen LogP contribution in [-0.4, -0.2) is 41.1 Å². The van der Waals surface area contributed by atoms with Crippen LogP contribution in [0.4, 0.5) is 5.69 Å². The molecule has 2 aromatic carbocycles. The van der Waals surface area contributed by atoms with E-state index in [1.807, 2.05) is 6.20 Å². The third-order valence-corrected chi connectivity index (χ3v) is 7.09. The van der Waals surface area contributed by atoms with Crippen molar-refractivity contribution in [3.63, 3.8) is 0 Å². The van der Waals surface area contributed by atoms with E-state index < -0.39 is 0 Å². The molecule has 190 valence electrons. The van der Waals surface area contributed by atoms with Crippen molar-refractivity contribution in [2.45, 2.75) is 52.6 Å². The normalized spacial score (nSPS) is 15.8. The van der Waals surface area contributed by atoms with Crippen molar-refractivity contribution in [2.75, 3.05) is 25.0 Å². The summed E-state index contributed by atoms with van der Waals surface area (Å²) in [5.74, 6) is 7.86. The molecule has 2 aliphatic carbocycles.